The molecule has 2 unspecified atom stereocenters. The third-order valence-electron chi connectivity index (χ3n) is 5.45. The quantitative estimate of drug-likeness (QED) is 0.189. The van der Waals surface area contributed by atoms with Crippen LogP contribution in [0.3, 0.4) is 0 Å². The highest BCUT2D eigenvalue weighted by Gasteiger charge is 2.36. The molecule has 0 fully saturated rings. The average Bonchev–Trinajstić information content (AvgIpc) is 2.53. The van der Waals surface area contributed by atoms with E-state index in [1.807, 2.05) is 0 Å². The van der Waals surface area contributed by atoms with Crippen molar-refractivity contribution in [3.05, 3.63) is 47.1 Å². The molecule has 0 nitrogen and oxygen atoms in total. The molecule has 1 rings (SSSR count). The number of rotatable bonds is 12. The van der Waals surface area contributed by atoms with Crippen LogP contribution in [0.1, 0.15) is 99.3 Å². The molecule has 1 aliphatic carbocycles. The van der Waals surface area contributed by atoms with Gasteiger partial charge in [0.15, 0.2) is 0 Å². The van der Waals surface area contributed by atoms with E-state index in [4.69, 9.17) is 0 Å². The van der Waals surface area contributed by atoms with Gasteiger partial charge in [-0.05, 0) is 65.2 Å². The Kier molecular flexibility index (Phi) is 10.2. The normalized spacial score (nSPS) is 21.8. The zero-order chi connectivity index (χ0) is 18.7. The zero-order valence-corrected chi connectivity index (χ0v) is 17.8. The maximum absolute atomic E-state index is 2.52. The molecule has 0 N–H and O–H groups in total. The van der Waals surface area contributed by atoms with Gasteiger partial charge < -0.3 is 0 Å². The summed E-state index contributed by atoms with van der Waals surface area (Å²) in [6.45, 7) is 13.6. The molecule has 0 heteroatoms. The summed E-state index contributed by atoms with van der Waals surface area (Å²) in [5.41, 5.74) is 5.06. The Morgan fingerprint density at radius 3 is 2.44 bits per heavy atom. The molecule has 0 saturated heterocycles. The van der Waals surface area contributed by atoms with Crippen molar-refractivity contribution in [3.63, 3.8) is 0 Å². The predicted molar refractivity (Wildman–Crippen MR) is 115 cm³/mol. The Bertz CT molecular complexity index is 496. The Balaban J connectivity index is 2.47. The summed E-state index contributed by atoms with van der Waals surface area (Å²) >= 11 is 0. The first-order chi connectivity index (χ1) is 12.0. The summed E-state index contributed by atoms with van der Waals surface area (Å²) in [4.78, 5) is 0. The van der Waals surface area contributed by atoms with Crippen molar-refractivity contribution in [1.29, 1.82) is 0 Å². The van der Waals surface area contributed by atoms with Gasteiger partial charge in [0.05, 0.1) is 0 Å². The van der Waals surface area contributed by atoms with Crippen LogP contribution in [0.4, 0.5) is 0 Å². The van der Waals surface area contributed by atoms with Gasteiger partial charge in [0.1, 0.15) is 0 Å². The number of allylic oxidation sites excluding steroid dienone is 8. The van der Waals surface area contributed by atoms with Crippen LogP contribution >= 0.6 is 0 Å². The molecule has 0 aromatic carbocycles. The standard InChI is InChI=1S/C25H42/c1-7-13-22(14-8-2)16-11-10-12-17-23(15-9-3)24-18-19-25(24,6)20-21(4)5/h7,13-14,18,20,23H,8-12,15-17,19H2,1-6H3. The number of unbranched alkanes of at least 4 members (excludes halogenated alkanes) is 2. The van der Waals surface area contributed by atoms with Crippen molar-refractivity contribution < 1.29 is 0 Å². The molecule has 1 aliphatic rings. The third-order valence-corrected chi connectivity index (χ3v) is 5.45. The molecular formula is C25H42. The Labute approximate surface area is 158 Å². The van der Waals surface area contributed by atoms with E-state index >= 15 is 0 Å². The molecular weight excluding hydrogens is 300 g/mol. The minimum absolute atomic E-state index is 0.349. The van der Waals surface area contributed by atoms with Crippen LogP contribution in [-0.2, 0) is 0 Å². The fraction of sp³-hybridized carbons (Fsp3) is 0.680. The van der Waals surface area contributed by atoms with Crippen molar-refractivity contribution in [3.8, 4) is 0 Å². The smallest absolute Gasteiger partial charge is 0.0102 e. The summed E-state index contributed by atoms with van der Waals surface area (Å²) in [6.07, 6.45) is 23.6. The maximum atomic E-state index is 2.52. The van der Waals surface area contributed by atoms with Crippen LogP contribution in [-0.4, -0.2) is 0 Å². The van der Waals surface area contributed by atoms with Crippen molar-refractivity contribution in [2.24, 2.45) is 11.3 Å². The lowest BCUT2D eigenvalue weighted by atomic mass is 9.63. The second kappa shape index (κ2) is 11.6. The molecule has 0 radical (unpaired) electrons. The van der Waals surface area contributed by atoms with Gasteiger partial charge in [0.25, 0.3) is 0 Å². The molecule has 25 heavy (non-hydrogen) atoms. The van der Waals surface area contributed by atoms with Gasteiger partial charge in [0.2, 0.25) is 0 Å². The zero-order valence-electron chi connectivity index (χ0n) is 17.8. The van der Waals surface area contributed by atoms with E-state index in [-0.39, 0.29) is 0 Å². The third kappa shape index (κ3) is 7.38. The SMILES string of the molecule is CC=CC(=CCC)CCCCCC(CCC)C1=CCC1(C)C=C(C)C. The number of hydrogen-bond acceptors (Lipinski definition) is 0. The molecule has 2 atom stereocenters. The van der Waals surface area contributed by atoms with Gasteiger partial charge in [-0.1, -0.05) is 87.1 Å². The fourth-order valence-electron chi connectivity index (χ4n) is 4.38. The fourth-order valence-corrected chi connectivity index (χ4v) is 4.38. The first kappa shape index (κ1) is 22.0. The second-order valence-corrected chi connectivity index (χ2v) is 8.27. The summed E-state index contributed by atoms with van der Waals surface area (Å²) < 4.78 is 0. The highest BCUT2D eigenvalue weighted by molar-refractivity contribution is 5.34. The number of hydrogen-bond donors (Lipinski definition) is 0. The highest BCUT2D eigenvalue weighted by Crippen LogP contribution is 2.49. The lowest BCUT2D eigenvalue weighted by molar-refractivity contribution is 0.347. The van der Waals surface area contributed by atoms with Crippen LogP contribution in [0.25, 0.3) is 0 Å². The van der Waals surface area contributed by atoms with Gasteiger partial charge >= 0.3 is 0 Å². The molecule has 0 saturated carbocycles. The van der Waals surface area contributed by atoms with E-state index in [0.717, 1.165) is 12.3 Å². The van der Waals surface area contributed by atoms with E-state index in [9.17, 15) is 0 Å². The van der Waals surface area contributed by atoms with E-state index < -0.39 is 0 Å². The second-order valence-electron chi connectivity index (χ2n) is 8.27. The predicted octanol–water partition coefficient (Wildman–Crippen LogP) is 8.57. The van der Waals surface area contributed by atoms with Crippen molar-refractivity contribution in [2.45, 2.75) is 99.3 Å². The van der Waals surface area contributed by atoms with Gasteiger partial charge in [-0.25, -0.2) is 0 Å². The van der Waals surface area contributed by atoms with Crippen molar-refractivity contribution >= 4 is 0 Å². The molecule has 142 valence electrons. The molecule has 0 spiro atoms. The van der Waals surface area contributed by atoms with Crippen LogP contribution < -0.4 is 0 Å². The molecule has 0 aliphatic heterocycles. The molecule has 0 aromatic heterocycles. The lowest BCUT2D eigenvalue weighted by Crippen LogP contribution is -2.29. The average molecular weight is 343 g/mol. The van der Waals surface area contributed by atoms with E-state index in [2.05, 4.69) is 71.9 Å². The monoisotopic (exact) mass is 342 g/mol. The minimum atomic E-state index is 0.349. The summed E-state index contributed by atoms with van der Waals surface area (Å²) in [7, 11) is 0. The van der Waals surface area contributed by atoms with Gasteiger partial charge in [0, 0.05) is 5.41 Å². The summed E-state index contributed by atoms with van der Waals surface area (Å²) in [6, 6.07) is 0. The lowest BCUT2D eigenvalue weighted by Gasteiger charge is -2.42. The van der Waals surface area contributed by atoms with Gasteiger partial charge in [-0.15, -0.1) is 0 Å². The van der Waals surface area contributed by atoms with E-state index in [0.29, 0.717) is 5.41 Å². The first-order valence-corrected chi connectivity index (χ1v) is 10.6. The van der Waals surface area contributed by atoms with Gasteiger partial charge in [-0.3, -0.25) is 0 Å². The van der Waals surface area contributed by atoms with Crippen LogP contribution in [0.15, 0.2) is 47.1 Å². The minimum Gasteiger partial charge on any atom is -0.0874 e. The van der Waals surface area contributed by atoms with Crippen LogP contribution in [0.2, 0.25) is 0 Å². The Hall–Kier alpha value is -1.04. The summed E-state index contributed by atoms with van der Waals surface area (Å²) in [5, 5.41) is 0. The van der Waals surface area contributed by atoms with E-state index in [1.165, 1.54) is 62.5 Å². The highest BCUT2D eigenvalue weighted by atomic mass is 14.4. The molecule has 0 aromatic rings. The van der Waals surface area contributed by atoms with Crippen LogP contribution in [0, 0.1) is 11.3 Å². The molecule has 0 bridgehead atoms. The summed E-state index contributed by atoms with van der Waals surface area (Å²) in [5.74, 6) is 0.806. The van der Waals surface area contributed by atoms with Gasteiger partial charge in [-0.2, -0.15) is 0 Å². The van der Waals surface area contributed by atoms with Crippen molar-refractivity contribution in [2.75, 3.05) is 0 Å². The topological polar surface area (TPSA) is 0 Å². The Morgan fingerprint density at radius 1 is 1.16 bits per heavy atom. The molecule has 0 heterocycles. The Morgan fingerprint density at radius 2 is 1.92 bits per heavy atom. The maximum Gasteiger partial charge on any atom is 0.0102 e. The molecule has 0 amide bonds. The van der Waals surface area contributed by atoms with Crippen molar-refractivity contribution in [1.82, 2.24) is 0 Å². The largest absolute Gasteiger partial charge is 0.0874 e. The first-order valence-electron chi connectivity index (χ1n) is 10.6. The van der Waals surface area contributed by atoms with E-state index in [1.54, 1.807) is 5.57 Å². The van der Waals surface area contributed by atoms with Crippen LogP contribution in [0.5, 0.6) is 0 Å².